The molecule has 0 bridgehead atoms. The summed E-state index contributed by atoms with van der Waals surface area (Å²) in [5, 5.41) is 10.3. The monoisotopic (exact) mass is 311 g/mol. The van der Waals surface area contributed by atoms with Crippen molar-refractivity contribution in [3.63, 3.8) is 0 Å². The van der Waals surface area contributed by atoms with Crippen LogP contribution in [-0.2, 0) is 14.6 Å². The molecule has 0 heterocycles. The lowest BCUT2D eigenvalue weighted by molar-refractivity contribution is -0.134. The van der Waals surface area contributed by atoms with E-state index in [1.165, 1.54) is 77.4 Å². The van der Waals surface area contributed by atoms with Crippen LogP contribution in [0.15, 0.2) is 12.2 Å². The van der Waals surface area contributed by atoms with Gasteiger partial charge in [-0.05, 0) is 19.3 Å². The average Bonchev–Trinajstić information content (AvgIpc) is 2.54. The third-order valence-corrected chi connectivity index (χ3v) is 3.97. The van der Waals surface area contributed by atoms with Crippen LogP contribution in [0.25, 0.3) is 0 Å². The van der Waals surface area contributed by atoms with Crippen molar-refractivity contribution in [2.45, 2.75) is 89.9 Å². The fourth-order valence-corrected chi connectivity index (χ4v) is 2.56. The Labute approximate surface area is 137 Å². The zero-order valence-corrected chi connectivity index (χ0v) is 14.5. The molecule has 0 aromatic rings. The van der Waals surface area contributed by atoms with E-state index in [2.05, 4.69) is 4.74 Å². The first-order valence-corrected chi connectivity index (χ1v) is 9.14. The molecule has 0 aliphatic heterocycles. The van der Waals surface area contributed by atoms with Gasteiger partial charge in [-0.15, -0.1) is 0 Å². The molecule has 129 valence electrons. The molecule has 22 heavy (non-hydrogen) atoms. The van der Waals surface area contributed by atoms with Gasteiger partial charge in [-0.25, -0.2) is 9.90 Å². The van der Waals surface area contributed by atoms with Crippen molar-refractivity contribution in [3.05, 3.63) is 12.2 Å². The fraction of sp³-hybridized carbons (Fsp3) is 0.842. The quantitative estimate of drug-likeness (QED) is 0.211. The number of hydrogen-bond acceptors (Lipinski definition) is 2. The van der Waals surface area contributed by atoms with Crippen molar-refractivity contribution >= 4 is 5.97 Å². The van der Waals surface area contributed by atoms with Crippen LogP contribution in [0.4, 0.5) is 0 Å². The molecule has 0 aliphatic rings. The highest BCUT2D eigenvalue weighted by Crippen LogP contribution is 2.13. The molecule has 0 fully saturated rings. The number of unbranched alkanes of at least 4 members (excludes halogenated alkanes) is 13. The third kappa shape index (κ3) is 17.2. The first-order chi connectivity index (χ1) is 10.8. The molecule has 0 aliphatic carbocycles. The number of methoxy groups -OCH3 is 1. The summed E-state index contributed by atoms with van der Waals surface area (Å²) < 4.78 is 4.54. The summed E-state index contributed by atoms with van der Waals surface area (Å²) in [7, 11) is 1.40. The lowest BCUT2D eigenvalue weighted by Gasteiger charge is -2.02. The molecule has 3 nitrogen and oxygen atoms in total. The average molecular weight is 311 g/mol. The highest BCUT2D eigenvalue weighted by atomic mass is 16.5. The van der Waals surface area contributed by atoms with Crippen molar-refractivity contribution in [1.29, 1.82) is 0 Å². The summed E-state index contributed by atoms with van der Waals surface area (Å²) in [6.45, 7) is 0.0988. The summed E-state index contributed by atoms with van der Waals surface area (Å²) >= 11 is 0. The van der Waals surface area contributed by atoms with Crippen LogP contribution in [0.3, 0.4) is 0 Å². The first kappa shape index (κ1) is 21.2. The van der Waals surface area contributed by atoms with Gasteiger partial charge in [0.2, 0.25) is 0 Å². The molecule has 0 spiro atoms. The van der Waals surface area contributed by atoms with Crippen LogP contribution in [0, 0.1) is 0 Å². The summed E-state index contributed by atoms with van der Waals surface area (Å²) in [4.78, 5) is 10.8. The molecule has 0 amide bonds. The molecular formula is C19H35O3. The van der Waals surface area contributed by atoms with E-state index in [0.29, 0.717) is 0 Å². The lowest BCUT2D eigenvalue weighted by Crippen LogP contribution is -1.93. The van der Waals surface area contributed by atoms with Crippen molar-refractivity contribution in [1.82, 2.24) is 0 Å². The van der Waals surface area contributed by atoms with Crippen molar-refractivity contribution < 1.29 is 14.6 Å². The Kier molecular flexibility index (Phi) is 17.5. The van der Waals surface area contributed by atoms with Crippen LogP contribution in [0.1, 0.15) is 89.9 Å². The molecule has 3 heteroatoms. The van der Waals surface area contributed by atoms with Crippen molar-refractivity contribution in [2.24, 2.45) is 0 Å². The Morgan fingerprint density at radius 3 is 1.55 bits per heavy atom. The van der Waals surface area contributed by atoms with Gasteiger partial charge in [-0.2, -0.15) is 0 Å². The maximum atomic E-state index is 10.8. The topological polar surface area (TPSA) is 46.2 Å². The van der Waals surface area contributed by atoms with Crippen molar-refractivity contribution in [3.8, 4) is 0 Å². The van der Waals surface area contributed by atoms with E-state index in [4.69, 9.17) is 0 Å². The smallest absolute Gasteiger partial charge is 0.330 e. The SMILES string of the molecule is COC(=O)C=CCCCCCCCCCCCCCCC[O]. The molecule has 0 rings (SSSR count). The van der Waals surface area contributed by atoms with E-state index in [9.17, 15) is 9.90 Å². The first-order valence-electron chi connectivity index (χ1n) is 9.14. The largest absolute Gasteiger partial charge is 0.466 e. The molecule has 0 unspecified atom stereocenters. The molecule has 0 aromatic heterocycles. The van der Waals surface area contributed by atoms with Gasteiger partial charge in [0.05, 0.1) is 13.7 Å². The Balaban J connectivity index is 3.05. The Morgan fingerprint density at radius 1 is 0.727 bits per heavy atom. The lowest BCUT2D eigenvalue weighted by atomic mass is 10.0. The van der Waals surface area contributed by atoms with Crippen molar-refractivity contribution in [2.75, 3.05) is 13.7 Å². The van der Waals surface area contributed by atoms with E-state index >= 15 is 0 Å². The molecule has 0 N–H and O–H groups in total. The summed E-state index contributed by atoms with van der Waals surface area (Å²) in [6.07, 6.45) is 20.8. The predicted molar refractivity (Wildman–Crippen MR) is 91.3 cm³/mol. The number of ether oxygens (including phenoxy) is 1. The van der Waals surface area contributed by atoms with Crippen LogP contribution in [0.5, 0.6) is 0 Å². The van der Waals surface area contributed by atoms with E-state index in [-0.39, 0.29) is 12.6 Å². The van der Waals surface area contributed by atoms with Gasteiger partial charge in [0.15, 0.2) is 0 Å². The minimum Gasteiger partial charge on any atom is -0.466 e. The maximum absolute atomic E-state index is 10.8. The summed E-state index contributed by atoms with van der Waals surface area (Å²) in [6, 6.07) is 0. The van der Waals surface area contributed by atoms with E-state index in [0.717, 1.165) is 25.7 Å². The molecule has 0 saturated carbocycles. The third-order valence-electron chi connectivity index (χ3n) is 3.97. The molecule has 0 saturated heterocycles. The van der Waals surface area contributed by atoms with Gasteiger partial charge in [0.25, 0.3) is 0 Å². The standard InChI is InChI=1S/C19H35O3/c1-22-19(21)17-15-13-11-9-7-5-3-2-4-6-8-10-12-14-16-18-20/h15,17H,2-14,16,18H2,1H3. The highest BCUT2D eigenvalue weighted by Gasteiger charge is 1.94. The van der Waals surface area contributed by atoms with Crippen LogP contribution in [-0.4, -0.2) is 19.7 Å². The van der Waals surface area contributed by atoms with Gasteiger partial charge >= 0.3 is 5.97 Å². The number of allylic oxidation sites excluding steroid dienone is 1. The molecule has 1 radical (unpaired) electrons. The van der Waals surface area contributed by atoms with Crippen LogP contribution < -0.4 is 0 Å². The second-order valence-electron chi connectivity index (χ2n) is 6.01. The van der Waals surface area contributed by atoms with Gasteiger partial charge in [0, 0.05) is 6.08 Å². The van der Waals surface area contributed by atoms with E-state index in [1.807, 2.05) is 6.08 Å². The molecular weight excluding hydrogens is 276 g/mol. The number of esters is 1. The number of rotatable bonds is 16. The molecule has 0 atom stereocenters. The van der Waals surface area contributed by atoms with Gasteiger partial charge in [-0.3, -0.25) is 0 Å². The highest BCUT2D eigenvalue weighted by molar-refractivity contribution is 5.81. The normalized spacial score (nSPS) is 11.2. The predicted octanol–water partition coefficient (Wildman–Crippen LogP) is 5.61. The minimum atomic E-state index is -0.259. The summed E-state index contributed by atoms with van der Waals surface area (Å²) in [5.74, 6) is -0.259. The number of carbonyl (C=O) groups excluding carboxylic acids is 1. The second-order valence-corrected chi connectivity index (χ2v) is 6.01. The van der Waals surface area contributed by atoms with Gasteiger partial charge in [0.1, 0.15) is 0 Å². The Hall–Kier alpha value is -0.830. The van der Waals surface area contributed by atoms with Crippen LogP contribution in [0.2, 0.25) is 0 Å². The Bertz CT molecular complexity index is 261. The Morgan fingerprint density at radius 2 is 1.14 bits per heavy atom. The second kappa shape index (κ2) is 18.2. The zero-order valence-electron chi connectivity index (χ0n) is 14.5. The molecule has 0 aromatic carbocycles. The van der Waals surface area contributed by atoms with Crippen LogP contribution >= 0.6 is 0 Å². The van der Waals surface area contributed by atoms with E-state index in [1.54, 1.807) is 0 Å². The van der Waals surface area contributed by atoms with E-state index < -0.39 is 0 Å². The van der Waals surface area contributed by atoms with Gasteiger partial charge < -0.3 is 4.74 Å². The number of hydrogen-bond donors (Lipinski definition) is 0. The fourth-order valence-electron chi connectivity index (χ4n) is 2.56. The summed E-state index contributed by atoms with van der Waals surface area (Å²) in [5.41, 5.74) is 0. The maximum Gasteiger partial charge on any atom is 0.330 e. The number of carbonyl (C=O) groups is 1. The van der Waals surface area contributed by atoms with Gasteiger partial charge in [-0.1, -0.05) is 76.7 Å². The minimum absolute atomic E-state index is 0.0988. The zero-order chi connectivity index (χ0) is 16.3.